The van der Waals surface area contributed by atoms with Gasteiger partial charge in [-0.05, 0) is 6.92 Å². The van der Waals surface area contributed by atoms with Gasteiger partial charge in [-0.2, -0.15) is 22.3 Å². The molecule has 0 spiro atoms. The number of hydrogen-bond donors (Lipinski definition) is 0. The summed E-state index contributed by atoms with van der Waals surface area (Å²) in [6.45, 7) is 8.68. The van der Waals surface area contributed by atoms with Crippen LogP contribution in [0.2, 0.25) is 0 Å². The largest absolute Gasteiger partial charge is 0.286 e. The van der Waals surface area contributed by atoms with Crippen LogP contribution in [-0.2, 0) is 10.2 Å². The average molecular weight is 274 g/mol. The second-order valence-electron chi connectivity index (χ2n) is 4.33. The number of piperazine rings is 1. The lowest BCUT2D eigenvalue weighted by Gasteiger charge is -2.37. The standard InChI is InChI=1S/C11H22N4O2S/c1-4-14(5-2)18(16,17)15-8-6-13(7-9-15)11(3)10-12/h11H,4-9H2,1-3H3/t11-/m1/s1. The van der Waals surface area contributed by atoms with Gasteiger partial charge >= 0.3 is 0 Å². The Kier molecular flexibility index (Phi) is 5.53. The molecule has 1 rings (SSSR count). The normalized spacial score (nSPS) is 20.8. The zero-order valence-electron chi connectivity index (χ0n) is 11.3. The lowest BCUT2D eigenvalue weighted by Crippen LogP contribution is -2.54. The highest BCUT2D eigenvalue weighted by Gasteiger charge is 2.31. The van der Waals surface area contributed by atoms with Gasteiger partial charge in [0.1, 0.15) is 0 Å². The zero-order chi connectivity index (χ0) is 13.8. The molecule has 0 unspecified atom stereocenters. The Morgan fingerprint density at radius 1 is 1.22 bits per heavy atom. The minimum Gasteiger partial charge on any atom is -0.286 e. The Bertz CT molecular complexity index is 392. The molecule has 0 bridgehead atoms. The van der Waals surface area contributed by atoms with Crippen LogP contribution in [0.1, 0.15) is 20.8 Å². The fourth-order valence-corrected chi connectivity index (χ4v) is 3.72. The maximum absolute atomic E-state index is 12.3. The van der Waals surface area contributed by atoms with E-state index in [4.69, 9.17) is 5.26 Å². The molecule has 1 fully saturated rings. The van der Waals surface area contributed by atoms with Crippen LogP contribution < -0.4 is 0 Å². The Labute approximate surface area is 110 Å². The Morgan fingerprint density at radius 2 is 1.72 bits per heavy atom. The van der Waals surface area contributed by atoms with E-state index in [1.807, 2.05) is 25.7 Å². The molecular weight excluding hydrogens is 252 g/mol. The fourth-order valence-electron chi connectivity index (χ4n) is 2.12. The highest BCUT2D eigenvalue weighted by molar-refractivity contribution is 7.86. The first-order valence-electron chi connectivity index (χ1n) is 6.36. The van der Waals surface area contributed by atoms with Crippen LogP contribution in [0, 0.1) is 11.3 Å². The smallest absolute Gasteiger partial charge is 0.282 e. The molecule has 6 nitrogen and oxygen atoms in total. The quantitative estimate of drug-likeness (QED) is 0.713. The van der Waals surface area contributed by atoms with Crippen LogP contribution in [0.15, 0.2) is 0 Å². The molecule has 0 aromatic rings. The second-order valence-corrected chi connectivity index (χ2v) is 6.26. The van der Waals surface area contributed by atoms with Gasteiger partial charge in [0, 0.05) is 39.3 Å². The van der Waals surface area contributed by atoms with E-state index in [0.29, 0.717) is 39.3 Å². The van der Waals surface area contributed by atoms with E-state index in [1.165, 1.54) is 8.61 Å². The molecule has 0 aromatic heterocycles. The summed E-state index contributed by atoms with van der Waals surface area (Å²) in [6.07, 6.45) is 0. The zero-order valence-corrected chi connectivity index (χ0v) is 12.2. The molecular formula is C11H22N4O2S. The lowest BCUT2D eigenvalue weighted by molar-refractivity contribution is 0.164. The number of rotatable bonds is 5. The maximum Gasteiger partial charge on any atom is 0.282 e. The molecule has 104 valence electrons. The monoisotopic (exact) mass is 274 g/mol. The van der Waals surface area contributed by atoms with E-state index in [2.05, 4.69) is 6.07 Å². The molecule has 1 saturated heterocycles. The molecule has 0 N–H and O–H groups in total. The fraction of sp³-hybridized carbons (Fsp3) is 0.909. The van der Waals surface area contributed by atoms with Gasteiger partial charge in [-0.25, -0.2) is 0 Å². The van der Waals surface area contributed by atoms with Crippen LogP contribution in [0.3, 0.4) is 0 Å². The van der Waals surface area contributed by atoms with Gasteiger partial charge in [-0.3, -0.25) is 4.90 Å². The third kappa shape index (κ3) is 3.20. The van der Waals surface area contributed by atoms with E-state index in [-0.39, 0.29) is 6.04 Å². The Hall–Kier alpha value is -0.680. The van der Waals surface area contributed by atoms with Crippen molar-refractivity contribution in [3.8, 4) is 6.07 Å². The van der Waals surface area contributed by atoms with Crippen LogP contribution in [0.4, 0.5) is 0 Å². The van der Waals surface area contributed by atoms with Crippen molar-refractivity contribution in [3.63, 3.8) is 0 Å². The van der Waals surface area contributed by atoms with E-state index in [9.17, 15) is 8.42 Å². The summed E-state index contributed by atoms with van der Waals surface area (Å²) in [6, 6.07) is 2.03. The molecule has 0 aliphatic carbocycles. The Morgan fingerprint density at radius 3 is 2.11 bits per heavy atom. The summed E-state index contributed by atoms with van der Waals surface area (Å²) in [5.74, 6) is 0. The molecule has 18 heavy (non-hydrogen) atoms. The van der Waals surface area contributed by atoms with Crippen molar-refractivity contribution in [3.05, 3.63) is 0 Å². The van der Waals surface area contributed by atoms with Crippen molar-refractivity contribution in [2.24, 2.45) is 0 Å². The summed E-state index contributed by atoms with van der Waals surface area (Å²) in [4.78, 5) is 2.01. The first-order chi connectivity index (χ1) is 8.47. The van der Waals surface area contributed by atoms with Crippen molar-refractivity contribution in [2.75, 3.05) is 39.3 Å². The molecule has 0 aromatic carbocycles. The summed E-state index contributed by atoms with van der Waals surface area (Å²) in [5, 5.41) is 8.85. The second kappa shape index (κ2) is 6.48. The van der Waals surface area contributed by atoms with Gasteiger partial charge in [0.2, 0.25) is 0 Å². The third-order valence-corrected chi connectivity index (χ3v) is 5.55. The highest BCUT2D eigenvalue weighted by Crippen LogP contribution is 2.13. The maximum atomic E-state index is 12.3. The first-order valence-corrected chi connectivity index (χ1v) is 7.75. The highest BCUT2D eigenvalue weighted by atomic mass is 32.2. The lowest BCUT2D eigenvalue weighted by atomic mass is 10.2. The van der Waals surface area contributed by atoms with Gasteiger partial charge in [-0.1, -0.05) is 13.8 Å². The van der Waals surface area contributed by atoms with Gasteiger partial charge in [0.05, 0.1) is 12.1 Å². The Balaban J connectivity index is 2.66. The number of nitriles is 1. The van der Waals surface area contributed by atoms with E-state index >= 15 is 0 Å². The molecule has 1 atom stereocenters. The molecule has 0 amide bonds. The first kappa shape index (κ1) is 15.4. The summed E-state index contributed by atoms with van der Waals surface area (Å²) < 4.78 is 27.5. The minimum atomic E-state index is -3.32. The van der Waals surface area contributed by atoms with Crippen LogP contribution in [0.5, 0.6) is 0 Å². The van der Waals surface area contributed by atoms with E-state index < -0.39 is 10.2 Å². The topological polar surface area (TPSA) is 67.7 Å². The molecule has 0 saturated carbocycles. The molecule has 1 aliphatic rings. The van der Waals surface area contributed by atoms with Crippen molar-refractivity contribution >= 4 is 10.2 Å². The van der Waals surface area contributed by atoms with Gasteiger partial charge in [0.25, 0.3) is 10.2 Å². The molecule has 7 heteroatoms. The van der Waals surface area contributed by atoms with Crippen molar-refractivity contribution in [1.82, 2.24) is 13.5 Å². The van der Waals surface area contributed by atoms with Crippen molar-refractivity contribution < 1.29 is 8.42 Å². The van der Waals surface area contributed by atoms with Gasteiger partial charge in [0.15, 0.2) is 0 Å². The molecule has 1 heterocycles. The molecule has 1 aliphatic heterocycles. The van der Waals surface area contributed by atoms with Crippen LogP contribution in [0.25, 0.3) is 0 Å². The average Bonchev–Trinajstić information content (AvgIpc) is 2.39. The van der Waals surface area contributed by atoms with Gasteiger partial charge in [-0.15, -0.1) is 0 Å². The third-order valence-electron chi connectivity index (χ3n) is 3.37. The van der Waals surface area contributed by atoms with Gasteiger partial charge < -0.3 is 0 Å². The number of hydrogen-bond acceptors (Lipinski definition) is 4. The summed E-state index contributed by atoms with van der Waals surface area (Å²) in [5.41, 5.74) is 0. The van der Waals surface area contributed by atoms with E-state index in [1.54, 1.807) is 0 Å². The summed E-state index contributed by atoms with van der Waals surface area (Å²) in [7, 11) is -3.32. The van der Waals surface area contributed by atoms with Crippen LogP contribution in [-0.4, -0.2) is 67.2 Å². The molecule has 0 radical (unpaired) electrons. The minimum absolute atomic E-state index is 0.150. The predicted molar refractivity (Wildman–Crippen MR) is 70.1 cm³/mol. The van der Waals surface area contributed by atoms with Crippen molar-refractivity contribution in [1.29, 1.82) is 5.26 Å². The van der Waals surface area contributed by atoms with E-state index in [0.717, 1.165) is 0 Å². The summed E-state index contributed by atoms with van der Waals surface area (Å²) >= 11 is 0. The predicted octanol–water partition coefficient (Wildman–Crippen LogP) is 0.103. The van der Waals surface area contributed by atoms with Crippen LogP contribution >= 0.6 is 0 Å². The number of nitrogens with zero attached hydrogens (tertiary/aromatic N) is 4. The SMILES string of the molecule is CCN(CC)S(=O)(=O)N1CCN([C@H](C)C#N)CC1. The van der Waals surface area contributed by atoms with Crippen molar-refractivity contribution in [2.45, 2.75) is 26.8 Å².